The van der Waals surface area contributed by atoms with E-state index in [0.29, 0.717) is 5.56 Å². The molecule has 1 aromatic carbocycles. The highest BCUT2D eigenvalue weighted by molar-refractivity contribution is 7.15. The maximum Gasteiger partial charge on any atom is 0.337 e. The summed E-state index contributed by atoms with van der Waals surface area (Å²) < 4.78 is 4.72. The minimum absolute atomic E-state index is 0.0600. The first-order valence-electron chi connectivity index (χ1n) is 8.86. The third-order valence-corrected chi connectivity index (χ3v) is 6.78. The van der Waals surface area contributed by atoms with E-state index in [2.05, 4.69) is 0 Å². The van der Waals surface area contributed by atoms with Crippen LogP contribution < -0.4 is 0 Å². The van der Waals surface area contributed by atoms with Crippen LogP contribution in [0.4, 0.5) is 0 Å². The van der Waals surface area contributed by atoms with E-state index in [9.17, 15) is 14.4 Å². The Balaban J connectivity index is 1.67. The second-order valence-corrected chi connectivity index (χ2v) is 8.39. The second kappa shape index (κ2) is 6.47. The number of carbonyl (C=O) groups excluding carboxylic acids is 3. The molecule has 4 nitrogen and oxygen atoms in total. The SMILES string of the molecule is COC(=O)c1ccc(-c2cc(C3C(=O)C4CCC(C4)C3=O)c(C)s2)cc1. The number of fused-ring (bicyclic) bond motifs is 2. The van der Waals surface area contributed by atoms with Crippen molar-refractivity contribution in [1.82, 2.24) is 0 Å². The Morgan fingerprint density at radius 3 is 2.27 bits per heavy atom. The lowest BCUT2D eigenvalue weighted by molar-refractivity contribution is -0.135. The Morgan fingerprint density at radius 1 is 1.08 bits per heavy atom. The van der Waals surface area contributed by atoms with Crippen molar-refractivity contribution in [3.05, 3.63) is 46.3 Å². The Bertz CT molecular complexity index is 871. The molecule has 26 heavy (non-hydrogen) atoms. The van der Waals surface area contributed by atoms with Gasteiger partial charge in [0.05, 0.1) is 12.7 Å². The molecule has 0 spiro atoms. The van der Waals surface area contributed by atoms with Gasteiger partial charge < -0.3 is 4.74 Å². The van der Waals surface area contributed by atoms with Gasteiger partial charge in [-0.1, -0.05) is 12.1 Å². The fourth-order valence-electron chi connectivity index (χ4n) is 4.23. The predicted molar refractivity (Wildman–Crippen MR) is 99.4 cm³/mol. The number of hydrogen-bond donors (Lipinski definition) is 0. The Morgan fingerprint density at radius 2 is 1.69 bits per heavy atom. The zero-order valence-corrected chi connectivity index (χ0v) is 15.6. The van der Waals surface area contributed by atoms with Gasteiger partial charge in [0.1, 0.15) is 5.92 Å². The summed E-state index contributed by atoms with van der Waals surface area (Å²) in [7, 11) is 1.36. The molecule has 5 heteroatoms. The van der Waals surface area contributed by atoms with Crippen LogP contribution in [0.5, 0.6) is 0 Å². The van der Waals surface area contributed by atoms with Crippen molar-refractivity contribution in [2.75, 3.05) is 7.11 Å². The van der Waals surface area contributed by atoms with E-state index in [4.69, 9.17) is 4.74 Å². The van der Waals surface area contributed by atoms with Gasteiger partial charge in [-0.25, -0.2) is 4.79 Å². The fraction of sp³-hybridized carbons (Fsp3) is 0.381. The average molecular weight is 368 g/mol. The number of benzene rings is 1. The zero-order chi connectivity index (χ0) is 18.4. The number of hydrogen-bond acceptors (Lipinski definition) is 5. The summed E-state index contributed by atoms with van der Waals surface area (Å²) in [5, 5.41) is 0. The average Bonchev–Trinajstić information content (AvgIpc) is 3.26. The summed E-state index contributed by atoms with van der Waals surface area (Å²) >= 11 is 1.59. The van der Waals surface area contributed by atoms with Crippen molar-refractivity contribution in [3.63, 3.8) is 0 Å². The highest BCUT2D eigenvalue weighted by atomic mass is 32.1. The van der Waals surface area contributed by atoms with Crippen molar-refractivity contribution in [2.45, 2.75) is 32.1 Å². The van der Waals surface area contributed by atoms with E-state index in [0.717, 1.165) is 40.1 Å². The molecule has 2 aliphatic carbocycles. The van der Waals surface area contributed by atoms with Crippen LogP contribution in [0.3, 0.4) is 0 Å². The lowest BCUT2D eigenvalue weighted by atomic mass is 9.75. The molecule has 2 aliphatic rings. The number of ether oxygens (including phenoxy) is 1. The van der Waals surface area contributed by atoms with E-state index in [1.807, 2.05) is 25.1 Å². The summed E-state index contributed by atoms with van der Waals surface area (Å²) in [6.45, 7) is 1.98. The number of esters is 1. The minimum Gasteiger partial charge on any atom is -0.465 e. The third kappa shape index (κ3) is 2.71. The molecule has 2 unspecified atom stereocenters. The van der Waals surface area contributed by atoms with Gasteiger partial charge in [-0.15, -0.1) is 11.3 Å². The second-order valence-electron chi connectivity index (χ2n) is 7.14. The van der Waals surface area contributed by atoms with Crippen LogP contribution in [0, 0.1) is 18.8 Å². The van der Waals surface area contributed by atoms with Gasteiger partial charge in [-0.3, -0.25) is 9.59 Å². The van der Waals surface area contributed by atoms with Crippen molar-refractivity contribution in [2.24, 2.45) is 11.8 Å². The number of ketones is 2. The predicted octanol–water partition coefficient (Wildman–Crippen LogP) is 4.16. The molecule has 4 rings (SSSR count). The number of carbonyl (C=O) groups is 3. The van der Waals surface area contributed by atoms with E-state index in [1.165, 1.54) is 7.11 Å². The summed E-state index contributed by atoms with van der Waals surface area (Å²) in [4.78, 5) is 39.2. The van der Waals surface area contributed by atoms with Crippen LogP contribution in [-0.2, 0) is 14.3 Å². The number of aryl methyl sites for hydroxylation is 1. The number of methoxy groups -OCH3 is 1. The highest BCUT2D eigenvalue weighted by Gasteiger charge is 2.48. The summed E-state index contributed by atoms with van der Waals surface area (Å²) in [6, 6.07) is 9.18. The molecule has 0 amide bonds. The molecular weight excluding hydrogens is 348 g/mol. The Hall–Kier alpha value is -2.27. The molecule has 0 N–H and O–H groups in total. The Kier molecular flexibility index (Phi) is 4.27. The molecule has 1 aromatic heterocycles. The number of rotatable bonds is 3. The largest absolute Gasteiger partial charge is 0.465 e. The van der Waals surface area contributed by atoms with Gasteiger partial charge in [-0.05, 0) is 55.5 Å². The van der Waals surface area contributed by atoms with E-state index >= 15 is 0 Å². The standard InChI is InChI=1S/C21H20O4S/c1-11-16(18-19(22)14-7-8-15(9-14)20(18)23)10-17(26-11)12-3-5-13(6-4-12)21(24)25-2/h3-6,10,14-15,18H,7-9H2,1-2H3. The molecule has 1 heterocycles. The number of Topliss-reactive ketones (excluding diaryl/α,β-unsaturated/α-hetero) is 2. The molecule has 0 aliphatic heterocycles. The normalized spacial score (nSPS) is 24.8. The van der Waals surface area contributed by atoms with Crippen LogP contribution in [-0.4, -0.2) is 24.6 Å². The first-order chi connectivity index (χ1) is 12.5. The highest BCUT2D eigenvalue weighted by Crippen LogP contribution is 2.46. The van der Waals surface area contributed by atoms with Crippen LogP contribution in [0.1, 0.15) is 46.0 Å². The topological polar surface area (TPSA) is 60.4 Å². The summed E-state index contributed by atoms with van der Waals surface area (Å²) in [6.07, 6.45) is 2.47. The van der Waals surface area contributed by atoms with Crippen LogP contribution in [0.25, 0.3) is 10.4 Å². The number of thiophene rings is 1. The first kappa shape index (κ1) is 17.2. The maximum absolute atomic E-state index is 12.8. The third-order valence-electron chi connectivity index (χ3n) is 5.66. The van der Waals surface area contributed by atoms with Crippen molar-refractivity contribution >= 4 is 28.9 Å². The molecule has 2 bridgehead atoms. The first-order valence-corrected chi connectivity index (χ1v) is 9.67. The molecular formula is C21H20O4S. The van der Waals surface area contributed by atoms with Gasteiger partial charge in [0, 0.05) is 21.6 Å². The van der Waals surface area contributed by atoms with Crippen molar-refractivity contribution in [3.8, 4) is 10.4 Å². The van der Waals surface area contributed by atoms with E-state index < -0.39 is 5.92 Å². The van der Waals surface area contributed by atoms with Crippen LogP contribution in [0.15, 0.2) is 30.3 Å². The molecule has 0 saturated heterocycles. The quantitative estimate of drug-likeness (QED) is 0.603. The van der Waals surface area contributed by atoms with Gasteiger partial charge >= 0.3 is 5.97 Å². The monoisotopic (exact) mass is 368 g/mol. The maximum atomic E-state index is 12.8. The minimum atomic E-state index is -0.583. The smallest absolute Gasteiger partial charge is 0.337 e. The Labute approximate surface area is 156 Å². The lowest BCUT2D eigenvalue weighted by Gasteiger charge is -2.25. The van der Waals surface area contributed by atoms with Gasteiger partial charge in [0.2, 0.25) is 0 Å². The molecule has 2 atom stereocenters. The summed E-state index contributed by atoms with van der Waals surface area (Å²) in [5.74, 6) is -0.613. The van der Waals surface area contributed by atoms with Gasteiger partial charge in [0.25, 0.3) is 0 Å². The van der Waals surface area contributed by atoms with Gasteiger partial charge in [0.15, 0.2) is 11.6 Å². The van der Waals surface area contributed by atoms with Crippen LogP contribution >= 0.6 is 11.3 Å². The summed E-state index contributed by atoms with van der Waals surface area (Å²) in [5.41, 5.74) is 2.34. The molecule has 2 saturated carbocycles. The van der Waals surface area contributed by atoms with Crippen LogP contribution in [0.2, 0.25) is 0 Å². The zero-order valence-electron chi connectivity index (χ0n) is 14.8. The van der Waals surface area contributed by atoms with Crippen molar-refractivity contribution in [1.29, 1.82) is 0 Å². The lowest BCUT2D eigenvalue weighted by Crippen LogP contribution is -2.34. The fourth-order valence-corrected chi connectivity index (χ4v) is 5.29. The van der Waals surface area contributed by atoms with E-state index in [1.54, 1.807) is 23.5 Å². The molecule has 0 radical (unpaired) electrons. The van der Waals surface area contributed by atoms with Crippen molar-refractivity contribution < 1.29 is 19.1 Å². The molecule has 134 valence electrons. The molecule has 2 fully saturated rings. The molecule has 2 aromatic rings. The van der Waals surface area contributed by atoms with E-state index in [-0.39, 0.29) is 29.4 Å². The van der Waals surface area contributed by atoms with Gasteiger partial charge in [-0.2, -0.15) is 0 Å².